The van der Waals surface area contributed by atoms with E-state index in [2.05, 4.69) is 5.32 Å². The van der Waals surface area contributed by atoms with Crippen molar-refractivity contribution in [3.05, 3.63) is 29.3 Å². The maximum absolute atomic E-state index is 12.0. The first kappa shape index (κ1) is 14.2. The smallest absolute Gasteiger partial charge is 0.337 e. The summed E-state index contributed by atoms with van der Waals surface area (Å²) in [4.78, 5) is 23.1. The highest BCUT2D eigenvalue weighted by atomic mass is 16.5. The molecule has 1 rings (SSSR count). The van der Waals surface area contributed by atoms with Crippen molar-refractivity contribution in [3.63, 3.8) is 0 Å². The number of carboxylic acid groups (broad SMARTS) is 1. The molecule has 0 aliphatic carbocycles. The summed E-state index contributed by atoms with van der Waals surface area (Å²) in [7, 11) is 1.43. The number of rotatable bonds is 4. The zero-order valence-corrected chi connectivity index (χ0v) is 10.9. The Morgan fingerprint density at radius 2 is 1.94 bits per heavy atom. The maximum atomic E-state index is 12.0. The van der Waals surface area contributed by atoms with Gasteiger partial charge in [-0.05, 0) is 32.4 Å². The van der Waals surface area contributed by atoms with Crippen molar-refractivity contribution in [2.75, 3.05) is 12.4 Å². The third-order valence-electron chi connectivity index (χ3n) is 2.80. The number of hydrogen-bond donors (Lipinski definition) is 2. The monoisotopic (exact) mass is 251 g/mol. The number of benzene rings is 1. The van der Waals surface area contributed by atoms with E-state index in [1.165, 1.54) is 13.2 Å². The van der Waals surface area contributed by atoms with Gasteiger partial charge in [0, 0.05) is 7.11 Å². The van der Waals surface area contributed by atoms with Crippen LogP contribution in [0.15, 0.2) is 18.2 Å². The zero-order chi connectivity index (χ0) is 13.9. The lowest BCUT2D eigenvalue weighted by atomic mass is 10.1. The Morgan fingerprint density at radius 1 is 1.33 bits per heavy atom. The summed E-state index contributed by atoms with van der Waals surface area (Å²) in [6, 6.07) is 4.82. The van der Waals surface area contributed by atoms with Gasteiger partial charge < -0.3 is 15.2 Å². The van der Waals surface area contributed by atoms with Gasteiger partial charge in [-0.25, -0.2) is 4.79 Å². The predicted molar refractivity (Wildman–Crippen MR) is 67.9 cm³/mol. The first-order chi connectivity index (χ1) is 8.29. The zero-order valence-electron chi connectivity index (χ0n) is 10.9. The number of methoxy groups -OCH3 is 1. The molecule has 0 aliphatic rings. The van der Waals surface area contributed by atoms with E-state index < -0.39 is 11.6 Å². The van der Waals surface area contributed by atoms with Crippen LogP contribution in [0.5, 0.6) is 0 Å². The van der Waals surface area contributed by atoms with Crippen molar-refractivity contribution in [2.24, 2.45) is 0 Å². The Bertz CT molecular complexity index is 480. The lowest BCUT2D eigenvalue weighted by Gasteiger charge is -2.23. The number of amides is 1. The van der Waals surface area contributed by atoms with Gasteiger partial charge in [-0.3, -0.25) is 4.79 Å². The molecule has 5 nitrogen and oxygen atoms in total. The molecule has 2 N–H and O–H groups in total. The van der Waals surface area contributed by atoms with Gasteiger partial charge in [0.2, 0.25) is 0 Å². The quantitative estimate of drug-likeness (QED) is 0.858. The van der Waals surface area contributed by atoms with Crippen LogP contribution in [-0.4, -0.2) is 29.7 Å². The Morgan fingerprint density at radius 3 is 2.44 bits per heavy atom. The average Bonchev–Trinajstić information content (AvgIpc) is 2.31. The molecule has 0 spiro atoms. The molecule has 98 valence electrons. The van der Waals surface area contributed by atoms with Crippen molar-refractivity contribution in [1.82, 2.24) is 0 Å². The highest BCUT2D eigenvalue weighted by Crippen LogP contribution is 2.22. The summed E-state index contributed by atoms with van der Waals surface area (Å²) in [5.41, 5.74) is 0.0449. The fourth-order valence-electron chi connectivity index (χ4n) is 1.37. The van der Waals surface area contributed by atoms with Crippen LogP contribution in [0.4, 0.5) is 5.69 Å². The lowest BCUT2D eigenvalue weighted by Crippen LogP contribution is -2.39. The minimum Gasteiger partial charge on any atom is -0.478 e. The van der Waals surface area contributed by atoms with Crippen molar-refractivity contribution in [1.29, 1.82) is 0 Å². The number of aryl methyl sites for hydroxylation is 1. The number of para-hydroxylation sites is 1. The van der Waals surface area contributed by atoms with E-state index in [4.69, 9.17) is 9.84 Å². The van der Waals surface area contributed by atoms with Crippen LogP contribution in [-0.2, 0) is 9.53 Å². The van der Waals surface area contributed by atoms with E-state index in [9.17, 15) is 9.59 Å². The number of aromatic carboxylic acids is 1. The Balaban J connectivity index is 3.12. The van der Waals surface area contributed by atoms with E-state index in [1.54, 1.807) is 32.9 Å². The molecule has 0 saturated heterocycles. The molecule has 0 fully saturated rings. The number of anilines is 1. The molecule has 0 bridgehead atoms. The molecule has 0 aromatic heterocycles. The largest absolute Gasteiger partial charge is 0.478 e. The highest BCUT2D eigenvalue weighted by molar-refractivity contribution is 6.03. The van der Waals surface area contributed by atoms with Gasteiger partial charge in [0.05, 0.1) is 11.3 Å². The standard InChI is InChI=1S/C13H17NO4/c1-8-6-5-7-9(11(15)16)10(8)14-12(17)13(2,3)18-4/h5-7H,1-4H3,(H,14,17)(H,15,16). The van der Waals surface area contributed by atoms with Gasteiger partial charge in [-0.2, -0.15) is 0 Å². The van der Waals surface area contributed by atoms with Crippen molar-refractivity contribution in [2.45, 2.75) is 26.4 Å². The fourth-order valence-corrected chi connectivity index (χ4v) is 1.37. The Kier molecular flexibility index (Phi) is 4.08. The van der Waals surface area contributed by atoms with Crippen molar-refractivity contribution >= 4 is 17.6 Å². The predicted octanol–water partition coefficient (Wildman–Crippen LogP) is 2.06. The van der Waals surface area contributed by atoms with E-state index >= 15 is 0 Å². The molecular formula is C13H17NO4. The summed E-state index contributed by atoms with van der Waals surface area (Å²) in [5.74, 6) is -1.47. The van der Waals surface area contributed by atoms with E-state index in [0.29, 0.717) is 11.3 Å². The number of carboxylic acids is 1. The number of carbonyl (C=O) groups excluding carboxylic acids is 1. The van der Waals surface area contributed by atoms with Gasteiger partial charge in [0.15, 0.2) is 0 Å². The molecule has 5 heteroatoms. The summed E-state index contributed by atoms with van der Waals surface area (Å²) in [5, 5.41) is 11.7. The minimum atomic E-state index is -1.08. The normalized spacial score (nSPS) is 11.1. The first-order valence-corrected chi connectivity index (χ1v) is 5.49. The Hall–Kier alpha value is -1.88. The van der Waals surface area contributed by atoms with Crippen LogP contribution in [0.3, 0.4) is 0 Å². The summed E-state index contributed by atoms with van der Waals surface area (Å²) in [6.07, 6.45) is 0. The molecule has 0 heterocycles. The SMILES string of the molecule is COC(C)(C)C(=O)Nc1c(C)cccc1C(=O)O. The number of ether oxygens (including phenoxy) is 1. The van der Waals surface area contributed by atoms with Gasteiger partial charge in [-0.1, -0.05) is 12.1 Å². The molecule has 0 saturated carbocycles. The van der Waals surface area contributed by atoms with Crippen molar-refractivity contribution in [3.8, 4) is 0 Å². The minimum absolute atomic E-state index is 0.0650. The summed E-state index contributed by atoms with van der Waals surface area (Å²) < 4.78 is 5.05. The molecule has 0 aliphatic heterocycles. The molecule has 0 atom stereocenters. The van der Waals surface area contributed by atoms with Crippen LogP contribution >= 0.6 is 0 Å². The van der Waals surface area contributed by atoms with E-state index in [1.807, 2.05) is 0 Å². The second-order valence-corrected chi connectivity index (χ2v) is 4.47. The van der Waals surface area contributed by atoms with Gasteiger partial charge >= 0.3 is 5.97 Å². The lowest BCUT2D eigenvalue weighted by molar-refractivity contribution is -0.133. The van der Waals surface area contributed by atoms with Crippen molar-refractivity contribution < 1.29 is 19.4 Å². The third kappa shape index (κ3) is 2.87. The summed E-state index contributed by atoms with van der Waals surface area (Å²) in [6.45, 7) is 4.96. The molecule has 18 heavy (non-hydrogen) atoms. The highest BCUT2D eigenvalue weighted by Gasteiger charge is 2.28. The molecule has 0 radical (unpaired) electrons. The second kappa shape index (κ2) is 5.18. The average molecular weight is 251 g/mol. The topological polar surface area (TPSA) is 75.6 Å². The number of nitrogens with one attached hydrogen (secondary N) is 1. The molecule has 1 aromatic rings. The van der Waals surface area contributed by atoms with E-state index in [0.717, 1.165) is 0 Å². The second-order valence-electron chi connectivity index (χ2n) is 4.47. The van der Waals surface area contributed by atoms with Gasteiger partial charge in [0.1, 0.15) is 5.60 Å². The fraction of sp³-hybridized carbons (Fsp3) is 0.385. The van der Waals surface area contributed by atoms with Crippen LogP contribution in [0, 0.1) is 6.92 Å². The van der Waals surface area contributed by atoms with Crippen LogP contribution < -0.4 is 5.32 Å². The summed E-state index contributed by atoms with van der Waals surface area (Å²) >= 11 is 0. The molecule has 1 aromatic carbocycles. The molecule has 0 unspecified atom stereocenters. The molecule has 1 amide bonds. The Labute approximate surface area is 106 Å². The van der Waals surface area contributed by atoms with Gasteiger partial charge in [-0.15, -0.1) is 0 Å². The van der Waals surface area contributed by atoms with Gasteiger partial charge in [0.25, 0.3) is 5.91 Å². The maximum Gasteiger partial charge on any atom is 0.337 e. The van der Waals surface area contributed by atoms with Crippen LogP contribution in [0.2, 0.25) is 0 Å². The number of carbonyl (C=O) groups is 2. The molecular weight excluding hydrogens is 234 g/mol. The third-order valence-corrected chi connectivity index (χ3v) is 2.80. The van der Waals surface area contributed by atoms with Crippen LogP contribution in [0.25, 0.3) is 0 Å². The first-order valence-electron chi connectivity index (χ1n) is 5.49. The van der Waals surface area contributed by atoms with Crippen LogP contribution in [0.1, 0.15) is 29.8 Å². The van der Waals surface area contributed by atoms with E-state index in [-0.39, 0.29) is 11.5 Å². The number of hydrogen-bond acceptors (Lipinski definition) is 3.